The van der Waals surface area contributed by atoms with Gasteiger partial charge in [0, 0.05) is 22.6 Å². The monoisotopic (exact) mass is 281 g/mol. The van der Waals surface area contributed by atoms with Gasteiger partial charge in [-0.25, -0.2) is 0 Å². The van der Waals surface area contributed by atoms with E-state index in [0.717, 1.165) is 40.9 Å². The normalized spacial score (nSPS) is 22.4. The number of Topliss-reactive ketones (excluding diaryl/α,β-unsaturated/α-hetero) is 1. The number of pyridine rings is 1. The Morgan fingerprint density at radius 1 is 1.24 bits per heavy atom. The van der Waals surface area contributed by atoms with Crippen molar-refractivity contribution in [2.75, 3.05) is 0 Å². The van der Waals surface area contributed by atoms with Crippen LogP contribution in [-0.4, -0.2) is 10.8 Å². The smallest absolute Gasteiger partial charge is 0.165 e. The number of aromatic nitrogens is 1. The van der Waals surface area contributed by atoms with Crippen LogP contribution in [0.5, 0.6) is 0 Å². The predicted octanol–water partition coefficient (Wildman–Crippen LogP) is 4.94. The van der Waals surface area contributed by atoms with Crippen molar-refractivity contribution in [3.63, 3.8) is 0 Å². The molecule has 110 valence electrons. The van der Waals surface area contributed by atoms with Crippen LogP contribution in [0.3, 0.4) is 0 Å². The zero-order chi connectivity index (χ0) is 14.8. The zero-order valence-corrected chi connectivity index (χ0v) is 12.9. The number of nitrogens with zero attached hydrogens (tertiary/aromatic N) is 1. The quantitative estimate of drug-likeness (QED) is 0.746. The Kier molecular flexibility index (Phi) is 4.05. The van der Waals surface area contributed by atoms with Crippen LogP contribution in [0.4, 0.5) is 0 Å². The topological polar surface area (TPSA) is 30.0 Å². The van der Waals surface area contributed by atoms with Crippen molar-refractivity contribution in [3.05, 3.63) is 41.6 Å². The highest BCUT2D eigenvalue weighted by molar-refractivity contribution is 6.00. The summed E-state index contributed by atoms with van der Waals surface area (Å²) in [6.07, 6.45) is 5.81. The van der Waals surface area contributed by atoms with Gasteiger partial charge in [-0.05, 0) is 49.9 Å². The standard InChI is InChI=1S/C19H23NO/c1-3-14-5-4-6-16(11-14)19(21)17-9-10-18-15(12-17)8-7-13(2)20-18/h7-10,12,14,16H,3-6,11H2,1-2H3. The fourth-order valence-corrected chi connectivity index (χ4v) is 3.52. The fraction of sp³-hybridized carbons (Fsp3) is 0.474. The van der Waals surface area contributed by atoms with E-state index in [-0.39, 0.29) is 5.92 Å². The summed E-state index contributed by atoms with van der Waals surface area (Å²) >= 11 is 0. The van der Waals surface area contributed by atoms with E-state index in [4.69, 9.17) is 0 Å². The minimum atomic E-state index is 0.222. The molecule has 2 nitrogen and oxygen atoms in total. The van der Waals surface area contributed by atoms with Crippen LogP contribution in [0.2, 0.25) is 0 Å². The molecule has 1 aliphatic rings. The summed E-state index contributed by atoms with van der Waals surface area (Å²) in [5.74, 6) is 1.28. The molecule has 1 saturated carbocycles. The van der Waals surface area contributed by atoms with Crippen molar-refractivity contribution in [3.8, 4) is 0 Å². The number of carbonyl (C=O) groups excluding carboxylic acids is 1. The molecule has 1 fully saturated rings. The first kappa shape index (κ1) is 14.2. The number of rotatable bonds is 3. The number of ketones is 1. The van der Waals surface area contributed by atoms with E-state index in [1.54, 1.807) is 0 Å². The third kappa shape index (κ3) is 2.99. The van der Waals surface area contributed by atoms with E-state index in [1.807, 2.05) is 31.2 Å². The molecule has 2 unspecified atom stereocenters. The van der Waals surface area contributed by atoms with E-state index in [1.165, 1.54) is 19.3 Å². The molecular formula is C19H23NO. The van der Waals surface area contributed by atoms with E-state index in [2.05, 4.69) is 18.0 Å². The first-order chi connectivity index (χ1) is 10.2. The molecule has 0 saturated heterocycles. The third-order valence-corrected chi connectivity index (χ3v) is 4.84. The van der Waals surface area contributed by atoms with Gasteiger partial charge < -0.3 is 0 Å². The Balaban J connectivity index is 1.85. The van der Waals surface area contributed by atoms with Crippen molar-refractivity contribution < 1.29 is 4.79 Å². The molecule has 0 radical (unpaired) electrons. The van der Waals surface area contributed by atoms with Crippen LogP contribution in [0.15, 0.2) is 30.3 Å². The van der Waals surface area contributed by atoms with E-state index in [9.17, 15) is 4.79 Å². The molecule has 1 aliphatic carbocycles. The van der Waals surface area contributed by atoms with Gasteiger partial charge in [0.1, 0.15) is 0 Å². The number of aryl methyl sites for hydroxylation is 1. The van der Waals surface area contributed by atoms with Gasteiger partial charge in [0.05, 0.1) is 5.52 Å². The summed E-state index contributed by atoms with van der Waals surface area (Å²) in [5, 5.41) is 1.06. The second-order valence-electron chi connectivity index (χ2n) is 6.36. The van der Waals surface area contributed by atoms with Crippen LogP contribution < -0.4 is 0 Å². The number of fused-ring (bicyclic) bond motifs is 1. The van der Waals surface area contributed by atoms with Crippen molar-refractivity contribution in [1.29, 1.82) is 0 Å². The summed E-state index contributed by atoms with van der Waals surface area (Å²) in [6.45, 7) is 4.23. The second-order valence-corrected chi connectivity index (χ2v) is 6.36. The Labute approximate surface area is 126 Å². The molecule has 1 aromatic heterocycles. The van der Waals surface area contributed by atoms with Gasteiger partial charge in [-0.1, -0.05) is 32.3 Å². The van der Waals surface area contributed by atoms with Crippen molar-refractivity contribution in [2.24, 2.45) is 11.8 Å². The van der Waals surface area contributed by atoms with Gasteiger partial charge in [-0.3, -0.25) is 9.78 Å². The summed E-state index contributed by atoms with van der Waals surface area (Å²) < 4.78 is 0. The van der Waals surface area contributed by atoms with Gasteiger partial charge in [0.2, 0.25) is 0 Å². The molecule has 0 aliphatic heterocycles. The van der Waals surface area contributed by atoms with Gasteiger partial charge >= 0.3 is 0 Å². The maximum Gasteiger partial charge on any atom is 0.165 e. The maximum absolute atomic E-state index is 12.8. The summed E-state index contributed by atoms with van der Waals surface area (Å²) in [6, 6.07) is 10.0. The molecule has 1 aromatic carbocycles. The average Bonchev–Trinajstić information content (AvgIpc) is 2.53. The molecule has 0 bridgehead atoms. The SMILES string of the molecule is CCC1CCCC(C(=O)c2ccc3nc(C)ccc3c2)C1. The van der Waals surface area contributed by atoms with E-state index < -0.39 is 0 Å². The lowest BCUT2D eigenvalue weighted by atomic mass is 9.77. The summed E-state index contributed by atoms with van der Waals surface area (Å²) in [7, 11) is 0. The zero-order valence-electron chi connectivity index (χ0n) is 12.9. The largest absolute Gasteiger partial charge is 0.294 e. The van der Waals surface area contributed by atoms with E-state index in [0.29, 0.717) is 5.78 Å². The van der Waals surface area contributed by atoms with E-state index >= 15 is 0 Å². The average molecular weight is 281 g/mol. The Morgan fingerprint density at radius 3 is 2.90 bits per heavy atom. The van der Waals surface area contributed by atoms with Crippen LogP contribution in [-0.2, 0) is 0 Å². The number of hydrogen-bond donors (Lipinski definition) is 0. The number of hydrogen-bond acceptors (Lipinski definition) is 2. The first-order valence-electron chi connectivity index (χ1n) is 8.09. The van der Waals surface area contributed by atoms with Crippen molar-refractivity contribution >= 4 is 16.7 Å². The molecular weight excluding hydrogens is 258 g/mol. The van der Waals surface area contributed by atoms with Crippen molar-refractivity contribution in [2.45, 2.75) is 46.0 Å². The molecule has 21 heavy (non-hydrogen) atoms. The minimum Gasteiger partial charge on any atom is -0.294 e. The van der Waals surface area contributed by atoms with Crippen LogP contribution in [0, 0.1) is 18.8 Å². The highest BCUT2D eigenvalue weighted by Gasteiger charge is 2.27. The van der Waals surface area contributed by atoms with Gasteiger partial charge in [0.25, 0.3) is 0 Å². The Hall–Kier alpha value is -1.70. The van der Waals surface area contributed by atoms with Gasteiger partial charge in [0.15, 0.2) is 5.78 Å². The van der Waals surface area contributed by atoms with Crippen LogP contribution >= 0.6 is 0 Å². The lowest BCUT2D eigenvalue weighted by Gasteiger charge is -2.27. The molecule has 0 spiro atoms. The summed E-state index contributed by atoms with van der Waals surface area (Å²) in [4.78, 5) is 17.3. The molecule has 2 heteroatoms. The highest BCUT2D eigenvalue weighted by atomic mass is 16.1. The third-order valence-electron chi connectivity index (χ3n) is 4.84. The predicted molar refractivity (Wildman–Crippen MR) is 86.5 cm³/mol. The molecule has 1 heterocycles. The van der Waals surface area contributed by atoms with Crippen LogP contribution in [0.1, 0.15) is 55.1 Å². The Bertz CT molecular complexity index is 662. The number of benzene rings is 1. The minimum absolute atomic E-state index is 0.222. The highest BCUT2D eigenvalue weighted by Crippen LogP contribution is 2.33. The maximum atomic E-state index is 12.8. The molecule has 3 rings (SSSR count). The first-order valence-corrected chi connectivity index (χ1v) is 8.09. The molecule has 2 aromatic rings. The molecule has 0 amide bonds. The van der Waals surface area contributed by atoms with Crippen molar-refractivity contribution in [1.82, 2.24) is 4.98 Å². The second kappa shape index (κ2) is 5.97. The van der Waals surface area contributed by atoms with Gasteiger partial charge in [-0.2, -0.15) is 0 Å². The fourth-order valence-electron chi connectivity index (χ4n) is 3.52. The lowest BCUT2D eigenvalue weighted by molar-refractivity contribution is 0.0862. The van der Waals surface area contributed by atoms with Gasteiger partial charge in [-0.15, -0.1) is 0 Å². The number of carbonyl (C=O) groups is 1. The molecule has 0 N–H and O–H groups in total. The Morgan fingerprint density at radius 2 is 2.10 bits per heavy atom. The van der Waals surface area contributed by atoms with Crippen LogP contribution in [0.25, 0.3) is 10.9 Å². The lowest BCUT2D eigenvalue weighted by Crippen LogP contribution is -2.22. The summed E-state index contributed by atoms with van der Waals surface area (Å²) in [5.41, 5.74) is 2.84. The molecule has 2 atom stereocenters.